The molecule has 0 aliphatic carbocycles. The van der Waals surface area contributed by atoms with Crippen LogP contribution in [0.3, 0.4) is 0 Å². The molecule has 0 bridgehead atoms. The molecule has 5 rings (SSSR count). The van der Waals surface area contributed by atoms with Crippen molar-refractivity contribution in [1.29, 1.82) is 0 Å². The van der Waals surface area contributed by atoms with Crippen molar-refractivity contribution in [2.24, 2.45) is 0 Å². The predicted molar refractivity (Wildman–Crippen MR) is 138 cm³/mol. The topological polar surface area (TPSA) is 77.0 Å². The van der Waals surface area contributed by atoms with Crippen LogP contribution in [0.4, 0.5) is 0 Å². The molecular formula is C28H29NO5S. The van der Waals surface area contributed by atoms with Crippen LogP contribution in [-0.4, -0.2) is 29.7 Å². The van der Waals surface area contributed by atoms with Crippen LogP contribution in [-0.2, 0) is 22.5 Å². The van der Waals surface area contributed by atoms with Gasteiger partial charge < -0.3 is 19.4 Å². The molecule has 1 saturated heterocycles. The molecule has 182 valence electrons. The zero-order chi connectivity index (χ0) is 24.5. The molecule has 0 unspecified atom stereocenters. The second-order valence-electron chi connectivity index (χ2n) is 9.56. The highest BCUT2D eigenvalue weighted by Crippen LogP contribution is 2.30. The van der Waals surface area contributed by atoms with Crippen LogP contribution in [0.5, 0.6) is 5.75 Å². The van der Waals surface area contributed by atoms with Gasteiger partial charge in [0.1, 0.15) is 12.4 Å². The highest BCUT2D eigenvalue weighted by molar-refractivity contribution is 7.24. The number of ether oxygens (including phenoxy) is 3. The number of fused-ring (bicyclic) bond motifs is 2. The first-order valence-electron chi connectivity index (χ1n) is 11.7. The lowest BCUT2D eigenvalue weighted by atomic mass is 9.92. The molecule has 0 amide bonds. The third-order valence-electron chi connectivity index (χ3n) is 6.48. The lowest BCUT2D eigenvalue weighted by molar-refractivity contribution is -0.282. The second kappa shape index (κ2) is 9.68. The largest absolute Gasteiger partial charge is 0.489 e. The number of rotatable bonds is 7. The number of hydrogen-bond acceptors (Lipinski definition) is 7. The monoisotopic (exact) mass is 491 g/mol. The molecule has 0 atom stereocenters. The van der Waals surface area contributed by atoms with Gasteiger partial charge in [-0.05, 0) is 68.1 Å². The van der Waals surface area contributed by atoms with Crippen molar-refractivity contribution in [1.82, 2.24) is 5.48 Å². The standard InChI is InChI=1S/C28H29NO5S/c1-27(2)33-17-28(29-31,18-34-27)13-12-19-8-11-24-23(14-19)26(30)22-10-9-21(15-25(22)35-24)32-16-20-6-4-3-5-7-20/h3-11,14-15,29,31H,12-13,16-18H2,1-2H3. The van der Waals surface area contributed by atoms with Crippen molar-refractivity contribution >= 4 is 31.5 Å². The summed E-state index contributed by atoms with van der Waals surface area (Å²) in [7, 11) is 0. The van der Waals surface area contributed by atoms with E-state index in [9.17, 15) is 10.0 Å². The molecule has 6 nitrogen and oxygen atoms in total. The van der Waals surface area contributed by atoms with Crippen molar-refractivity contribution in [3.63, 3.8) is 0 Å². The highest BCUT2D eigenvalue weighted by Gasteiger charge is 2.39. The zero-order valence-corrected chi connectivity index (χ0v) is 20.7. The second-order valence-corrected chi connectivity index (χ2v) is 10.6. The van der Waals surface area contributed by atoms with E-state index in [1.807, 2.05) is 80.6 Å². The van der Waals surface area contributed by atoms with Crippen LogP contribution < -0.4 is 15.6 Å². The third-order valence-corrected chi connectivity index (χ3v) is 7.61. The van der Waals surface area contributed by atoms with Gasteiger partial charge in [0.25, 0.3) is 0 Å². The van der Waals surface area contributed by atoms with E-state index in [0.717, 1.165) is 26.3 Å². The van der Waals surface area contributed by atoms with Crippen molar-refractivity contribution in [2.75, 3.05) is 13.2 Å². The molecule has 7 heteroatoms. The summed E-state index contributed by atoms with van der Waals surface area (Å²) in [5.74, 6) is 0.0882. The molecule has 2 heterocycles. The molecule has 0 spiro atoms. The maximum Gasteiger partial charge on any atom is 0.195 e. The molecule has 35 heavy (non-hydrogen) atoms. The van der Waals surface area contributed by atoms with Gasteiger partial charge >= 0.3 is 0 Å². The Morgan fingerprint density at radius 3 is 2.46 bits per heavy atom. The van der Waals surface area contributed by atoms with E-state index < -0.39 is 11.3 Å². The van der Waals surface area contributed by atoms with E-state index >= 15 is 0 Å². The number of nitrogens with one attached hydrogen (secondary N) is 1. The van der Waals surface area contributed by atoms with Crippen LogP contribution in [0, 0.1) is 0 Å². The van der Waals surface area contributed by atoms with Crippen LogP contribution in [0.25, 0.3) is 20.2 Å². The predicted octanol–water partition coefficient (Wildman–Crippen LogP) is 5.43. The van der Waals surface area contributed by atoms with Crippen molar-refractivity contribution in [3.8, 4) is 5.75 Å². The number of hydroxylamine groups is 1. The van der Waals surface area contributed by atoms with E-state index in [-0.39, 0.29) is 5.43 Å². The third kappa shape index (κ3) is 5.24. The first-order valence-corrected chi connectivity index (χ1v) is 12.5. The Morgan fingerprint density at radius 2 is 1.71 bits per heavy atom. The molecular weight excluding hydrogens is 462 g/mol. The Hall–Kier alpha value is -2.81. The summed E-state index contributed by atoms with van der Waals surface area (Å²) in [6, 6.07) is 21.7. The normalized spacial score (nSPS) is 17.0. The van der Waals surface area contributed by atoms with Crippen LogP contribution in [0.1, 0.15) is 31.4 Å². The summed E-state index contributed by atoms with van der Waals surface area (Å²) in [5.41, 5.74) is 3.88. The van der Waals surface area contributed by atoms with Crippen LogP contribution in [0.15, 0.2) is 71.5 Å². The van der Waals surface area contributed by atoms with Gasteiger partial charge in [-0.3, -0.25) is 4.79 Å². The fourth-order valence-electron chi connectivity index (χ4n) is 4.22. The summed E-state index contributed by atoms with van der Waals surface area (Å²) in [6.45, 7) is 4.89. The Morgan fingerprint density at radius 1 is 0.943 bits per heavy atom. The lowest BCUT2D eigenvalue weighted by Gasteiger charge is -2.42. The average Bonchev–Trinajstić information content (AvgIpc) is 2.88. The van der Waals surface area contributed by atoms with Crippen LogP contribution in [0.2, 0.25) is 0 Å². The molecule has 1 fully saturated rings. The number of benzene rings is 3. The molecule has 3 aromatic carbocycles. The lowest BCUT2D eigenvalue weighted by Crippen LogP contribution is -2.58. The Kier molecular flexibility index (Phi) is 6.61. The van der Waals surface area contributed by atoms with E-state index in [4.69, 9.17) is 14.2 Å². The smallest absolute Gasteiger partial charge is 0.195 e. The molecule has 1 aliphatic heterocycles. The van der Waals surface area contributed by atoms with E-state index in [1.54, 1.807) is 11.3 Å². The summed E-state index contributed by atoms with van der Waals surface area (Å²) in [6.07, 6.45) is 1.28. The minimum Gasteiger partial charge on any atom is -0.489 e. The number of hydrogen-bond donors (Lipinski definition) is 2. The van der Waals surface area contributed by atoms with Crippen LogP contribution >= 0.6 is 11.3 Å². The van der Waals surface area contributed by atoms with Gasteiger partial charge in [-0.2, -0.15) is 5.48 Å². The Balaban J connectivity index is 1.35. The Labute approximate surface area is 208 Å². The fraction of sp³-hybridized carbons (Fsp3) is 0.321. The molecule has 2 N–H and O–H groups in total. The number of aryl methyl sites for hydroxylation is 1. The van der Waals surface area contributed by atoms with E-state index in [0.29, 0.717) is 43.4 Å². The minimum atomic E-state index is -0.674. The fourth-order valence-corrected chi connectivity index (χ4v) is 5.30. The van der Waals surface area contributed by atoms with Gasteiger partial charge in [0.05, 0.1) is 18.8 Å². The molecule has 4 aromatic rings. The van der Waals surface area contributed by atoms with Crippen molar-refractivity contribution in [3.05, 3.63) is 88.1 Å². The molecule has 1 aromatic heterocycles. The van der Waals surface area contributed by atoms with E-state index in [2.05, 4.69) is 5.48 Å². The summed E-state index contributed by atoms with van der Waals surface area (Å²) >= 11 is 1.59. The Bertz CT molecular complexity index is 1390. The molecule has 0 radical (unpaired) electrons. The van der Waals surface area contributed by atoms with Gasteiger partial charge in [0, 0.05) is 20.2 Å². The highest BCUT2D eigenvalue weighted by atomic mass is 32.1. The maximum atomic E-state index is 13.3. The quantitative estimate of drug-likeness (QED) is 0.265. The van der Waals surface area contributed by atoms with Crippen molar-refractivity contribution in [2.45, 2.75) is 44.6 Å². The minimum absolute atomic E-state index is 0.0197. The van der Waals surface area contributed by atoms with Crippen molar-refractivity contribution < 1.29 is 19.4 Å². The first-order chi connectivity index (χ1) is 16.9. The van der Waals surface area contributed by atoms with Gasteiger partial charge in [-0.1, -0.05) is 36.4 Å². The van der Waals surface area contributed by atoms with Gasteiger partial charge in [0.15, 0.2) is 11.2 Å². The maximum absolute atomic E-state index is 13.3. The SMILES string of the molecule is CC1(C)OCC(CCc2ccc3sc4cc(OCc5ccccc5)ccc4c(=O)c3c2)(NO)CO1. The summed E-state index contributed by atoms with van der Waals surface area (Å²) < 4.78 is 19.3. The van der Waals surface area contributed by atoms with E-state index in [1.165, 1.54) is 0 Å². The molecule has 1 aliphatic rings. The van der Waals surface area contributed by atoms with Gasteiger partial charge in [-0.15, -0.1) is 11.3 Å². The zero-order valence-electron chi connectivity index (χ0n) is 19.9. The van der Waals surface area contributed by atoms with Gasteiger partial charge in [-0.25, -0.2) is 0 Å². The first kappa shape index (κ1) is 23.9. The summed E-state index contributed by atoms with van der Waals surface area (Å²) in [4.78, 5) is 13.3. The molecule has 0 saturated carbocycles. The average molecular weight is 492 g/mol. The van der Waals surface area contributed by atoms with Gasteiger partial charge in [0.2, 0.25) is 0 Å². The summed E-state index contributed by atoms with van der Waals surface area (Å²) in [5, 5.41) is 11.2.